The van der Waals surface area contributed by atoms with Gasteiger partial charge in [-0.15, -0.1) is 0 Å². The highest BCUT2D eigenvalue weighted by molar-refractivity contribution is 7.07. The summed E-state index contributed by atoms with van der Waals surface area (Å²) < 4.78 is 0. The molecule has 0 unspecified atom stereocenters. The van der Waals surface area contributed by atoms with E-state index in [4.69, 9.17) is 0 Å². The normalized spacial score (nSPS) is 10.8. The van der Waals surface area contributed by atoms with Crippen LogP contribution >= 0.6 is 11.3 Å². The lowest BCUT2D eigenvalue weighted by Gasteiger charge is -2.15. The van der Waals surface area contributed by atoms with Crippen LogP contribution in [0.5, 0.6) is 0 Å². The van der Waals surface area contributed by atoms with Crippen LogP contribution in [0.15, 0.2) is 41.4 Å². The maximum atomic E-state index is 4.01. The van der Waals surface area contributed by atoms with E-state index in [-0.39, 0.29) is 0 Å². The number of nitrogens with zero attached hydrogens (tertiary/aromatic N) is 2. The molecule has 0 saturated heterocycles. The Balaban J connectivity index is 1.90. The van der Waals surface area contributed by atoms with E-state index < -0.39 is 0 Å². The Labute approximate surface area is 94.2 Å². The van der Waals surface area contributed by atoms with Gasteiger partial charge < -0.3 is 0 Å². The summed E-state index contributed by atoms with van der Waals surface area (Å²) in [6.45, 7) is 1.98. The predicted octanol–water partition coefficient (Wildman–Crippen LogP) is 2.78. The summed E-state index contributed by atoms with van der Waals surface area (Å²) in [5, 5.41) is 4.32. The number of thiophene rings is 1. The first-order valence-corrected chi connectivity index (χ1v) is 5.87. The summed E-state index contributed by atoms with van der Waals surface area (Å²) in [6, 6.07) is 6.29. The van der Waals surface area contributed by atoms with Crippen molar-refractivity contribution in [2.45, 2.75) is 13.1 Å². The zero-order valence-corrected chi connectivity index (χ0v) is 9.57. The topological polar surface area (TPSA) is 16.1 Å². The molecule has 78 valence electrons. The van der Waals surface area contributed by atoms with Crippen LogP contribution in [0.1, 0.15) is 11.1 Å². The van der Waals surface area contributed by atoms with Gasteiger partial charge in [0.15, 0.2) is 0 Å². The summed E-state index contributed by atoms with van der Waals surface area (Å²) in [5.41, 5.74) is 2.69. The molecule has 0 aliphatic heterocycles. The Morgan fingerprint density at radius 3 is 2.53 bits per heavy atom. The molecule has 2 heterocycles. The Morgan fingerprint density at radius 2 is 1.87 bits per heavy atom. The van der Waals surface area contributed by atoms with Crippen LogP contribution in [0.4, 0.5) is 0 Å². The van der Waals surface area contributed by atoms with Crippen molar-refractivity contribution in [2.75, 3.05) is 7.05 Å². The maximum absolute atomic E-state index is 4.01. The van der Waals surface area contributed by atoms with E-state index in [1.807, 2.05) is 12.4 Å². The van der Waals surface area contributed by atoms with E-state index in [1.54, 1.807) is 11.3 Å². The smallest absolute Gasteiger partial charge is 0.0271 e. The molecule has 0 fully saturated rings. The average molecular weight is 218 g/mol. The Hall–Kier alpha value is -1.19. The monoisotopic (exact) mass is 218 g/mol. The molecule has 0 N–H and O–H groups in total. The number of aromatic nitrogens is 1. The molecule has 0 bridgehead atoms. The van der Waals surface area contributed by atoms with Crippen LogP contribution in [-0.4, -0.2) is 16.9 Å². The molecule has 0 radical (unpaired) electrons. The van der Waals surface area contributed by atoms with Gasteiger partial charge in [0.05, 0.1) is 0 Å². The van der Waals surface area contributed by atoms with Crippen molar-refractivity contribution in [3.8, 4) is 0 Å². The van der Waals surface area contributed by atoms with Crippen molar-refractivity contribution in [1.29, 1.82) is 0 Å². The SMILES string of the molecule is CN(Cc1ccncc1)Cc1ccsc1. The lowest BCUT2D eigenvalue weighted by molar-refractivity contribution is 0.319. The third-order valence-corrected chi connectivity index (χ3v) is 2.97. The molecular weight excluding hydrogens is 204 g/mol. The summed E-state index contributed by atoms with van der Waals surface area (Å²) >= 11 is 1.75. The summed E-state index contributed by atoms with van der Waals surface area (Å²) in [7, 11) is 2.14. The molecule has 0 saturated carbocycles. The van der Waals surface area contributed by atoms with Crippen molar-refractivity contribution in [3.05, 3.63) is 52.5 Å². The maximum Gasteiger partial charge on any atom is 0.0271 e. The standard InChI is InChI=1S/C12H14N2S/c1-14(9-12-4-7-15-10-12)8-11-2-5-13-6-3-11/h2-7,10H,8-9H2,1H3. The van der Waals surface area contributed by atoms with Gasteiger partial charge in [-0.3, -0.25) is 9.88 Å². The van der Waals surface area contributed by atoms with E-state index in [9.17, 15) is 0 Å². The number of hydrogen-bond donors (Lipinski definition) is 0. The van der Waals surface area contributed by atoms with Gasteiger partial charge in [-0.05, 0) is 47.1 Å². The molecule has 0 amide bonds. The zero-order chi connectivity index (χ0) is 10.5. The first-order chi connectivity index (χ1) is 7.34. The van der Waals surface area contributed by atoms with Gasteiger partial charge in [0.1, 0.15) is 0 Å². The van der Waals surface area contributed by atoms with Gasteiger partial charge in [0, 0.05) is 25.5 Å². The second-order valence-electron chi connectivity index (χ2n) is 3.66. The summed E-state index contributed by atoms with van der Waals surface area (Å²) in [5.74, 6) is 0. The average Bonchev–Trinajstić information content (AvgIpc) is 2.71. The van der Waals surface area contributed by atoms with Gasteiger partial charge in [0.25, 0.3) is 0 Å². The summed E-state index contributed by atoms with van der Waals surface area (Å²) in [4.78, 5) is 6.31. The number of pyridine rings is 1. The van der Waals surface area contributed by atoms with E-state index in [0.717, 1.165) is 13.1 Å². The minimum atomic E-state index is 0.971. The van der Waals surface area contributed by atoms with Crippen LogP contribution in [-0.2, 0) is 13.1 Å². The second kappa shape index (κ2) is 5.05. The van der Waals surface area contributed by atoms with E-state index in [0.29, 0.717) is 0 Å². The van der Waals surface area contributed by atoms with Crippen LogP contribution in [0.2, 0.25) is 0 Å². The first-order valence-electron chi connectivity index (χ1n) is 4.93. The molecular formula is C12H14N2S. The van der Waals surface area contributed by atoms with Crippen molar-refractivity contribution in [2.24, 2.45) is 0 Å². The lowest BCUT2D eigenvalue weighted by atomic mass is 10.2. The third kappa shape index (κ3) is 3.15. The molecule has 3 heteroatoms. The molecule has 0 atom stereocenters. The molecule has 2 aromatic heterocycles. The second-order valence-corrected chi connectivity index (χ2v) is 4.44. The van der Waals surface area contributed by atoms with Gasteiger partial charge in [0.2, 0.25) is 0 Å². The molecule has 2 nitrogen and oxygen atoms in total. The Bertz CT molecular complexity index is 383. The van der Waals surface area contributed by atoms with Crippen LogP contribution in [0, 0.1) is 0 Å². The highest BCUT2D eigenvalue weighted by atomic mass is 32.1. The van der Waals surface area contributed by atoms with Crippen molar-refractivity contribution >= 4 is 11.3 Å². The lowest BCUT2D eigenvalue weighted by Crippen LogP contribution is -2.16. The molecule has 2 rings (SSSR count). The minimum Gasteiger partial charge on any atom is -0.298 e. The van der Waals surface area contributed by atoms with Crippen LogP contribution in [0.25, 0.3) is 0 Å². The Morgan fingerprint density at radius 1 is 1.13 bits per heavy atom. The molecule has 2 aromatic rings. The molecule has 0 aromatic carbocycles. The minimum absolute atomic E-state index is 0.971. The fourth-order valence-electron chi connectivity index (χ4n) is 1.55. The molecule has 0 spiro atoms. The quantitative estimate of drug-likeness (QED) is 0.784. The van der Waals surface area contributed by atoms with E-state index in [1.165, 1.54) is 11.1 Å². The van der Waals surface area contributed by atoms with E-state index >= 15 is 0 Å². The van der Waals surface area contributed by atoms with Gasteiger partial charge >= 0.3 is 0 Å². The molecule has 0 aliphatic carbocycles. The predicted molar refractivity (Wildman–Crippen MR) is 63.7 cm³/mol. The van der Waals surface area contributed by atoms with Crippen molar-refractivity contribution in [3.63, 3.8) is 0 Å². The zero-order valence-electron chi connectivity index (χ0n) is 8.76. The van der Waals surface area contributed by atoms with Crippen LogP contribution in [0.3, 0.4) is 0 Å². The Kier molecular flexibility index (Phi) is 3.48. The molecule has 15 heavy (non-hydrogen) atoms. The number of rotatable bonds is 4. The molecule has 0 aliphatic rings. The van der Waals surface area contributed by atoms with Gasteiger partial charge in [-0.25, -0.2) is 0 Å². The largest absolute Gasteiger partial charge is 0.298 e. The van der Waals surface area contributed by atoms with Crippen molar-refractivity contribution in [1.82, 2.24) is 9.88 Å². The van der Waals surface area contributed by atoms with Gasteiger partial charge in [-0.2, -0.15) is 11.3 Å². The van der Waals surface area contributed by atoms with E-state index in [2.05, 4.69) is 45.9 Å². The first kappa shape index (κ1) is 10.3. The fourth-order valence-corrected chi connectivity index (χ4v) is 2.21. The number of hydrogen-bond acceptors (Lipinski definition) is 3. The van der Waals surface area contributed by atoms with Gasteiger partial charge in [-0.1, -0.05) is 0 Å². The highest BCUT2D eigenvalue weighted by Crippen LogP contribution is 2.10. The summed E-state index contributed by atoms with van der Waals surface area (Å²) in [6.07, 6.45) is 3.68. The van der Waals surface area contributed by atoms with Crippen LogP contribution < -0.4 is 0 Å². The third-order valence-electron chi connectivity index (χ3n) is 2.23. The highest BCUT2D eigenvalue weighted by Gasteiger charge is 2.01. The fraction of sp³-hybridized carbons (Fsp3) is 0.250. The van der Waals surface area contributed by atoms with Crippen molar-refractivity contribution < 1.29 is 0 Å².